The molecule has 5 heteroatoms. The standard InChI is InChI=1S/C13H18ClN3S/c1-8(2)4-10(5-14)17-13-12-11(15-7-16-13)9(3)6-18-12/h6-8,10H,4-5H2,1-3H3,(H,15,16,17). The van der Waals surface area contributed by atoms with Gasteiger partial charge in [-0.25, -0.2) is 9.97 Å². The van der Waals surface area contributed by atoms with E-state index in [1.54, 1.807) is 17.7 Å². The minimum atomic E-state index is 0.257. The highest BCUT2D eigenvalue weighted by atomic mass is 35.5. The van der Waals surface area contributed by atoms with E-state index in [-0.39, 0.29) is 6.04 Å². The second-order valence-corrected chi connectivity index (χ2v) is 6.13. The number of halogens is 1. The molecule has 1 atom stereocenters. The van der Waals surface area contributed by atoms with Gasteiger partial charge >= 0.3 is 0 Å². The first-order chi connectivity index (χ1) is 8.61. The number of hydrogen-bond donors (Lipinski definition) is 1. The number of rotatable bonds is 5. The van der Waals surface area contributed by atoms with Gasteiger partial charge in [0.25, 0.3) is 0 Å². The van der Waals surface area contributed by atoms with E-state index in [1.165, 1.54) is 5.56 Å². The lowest BCUT2D eigenvalue weighted by molar-refractivity contribution is 0.542. The molecule has 0 fully saturated rings. The van der Waals surface area contributed by atoms with Crippen molar-refractivity contribution in [1.29, 1.82) is 0 Å². The Balaban J connectivity index is 2.25. The fourth-order valence-corrected chi connectivity index (χ4v) is 3.15. The fourth-order valence-electron chi connectivity index (χ4n) is 2.00. The maximum atomic E-state index is 6.02. The van der Waals surface area contributed by atoms with Gasteiger partial charge in [0.2, 0.25) is 0 Å². The van der Waals surface area contributed by atoms with Crippen LogP contribution in [0.5, 0.6) is 0 Å². The first-order valence-corrected chi connectivity index (χ1v) is 7.54. The third kappa shape index (κ3) is 2.93. The predicted molar refractivity (Wildman–Crippen MR) is 79.7 cm³/mol. The van der Waals surface area contributed by atoms with Crippen LogP contribution < -0.4 is 5.32 Å². The van der Waals surface area contributed by atoms with E-state index in [1.807, 2.05) is 0 Å². The Labute approximate surface area is 117 Å². The van der Waals surface area contributed by atoms with Crippen LogP contribution in [0.25, 0.3) is 10.2 Å². The van der Waals surface area contributed by atoms with E-state index >= 15 is 0 Å². The zero-order valence-electron chi connectivity index (χ0n) is 10.9. The molecular weight excluding hydrogens is 266 g/mol. The van der Waals surface area contributed by atoms with Crippen molar-refractivity contribution >= 4 is 39.0 Å². The van der Waals surface area contributed by atoms with Gasteiger partial charge in [0.05, 0.1) is 10.2 Å². The lowest BCUT2D eigenvalue weighted by Gasteiger charge is -2.18. The van der Waals surface area contributed by atoms with Crippen molar-refractivity contribution in [3.63, 3.8) is 0 Å². The maximum absolute atomic E-state index is 6.02. The van der Waals surface area contributed by atoms with Gasteiger partial charge in [-0.1, -0.05) is 13.8 Å². The van der Waals surface area contributed by atoms with Gasteiger partial charge in [-0.2, -0.15) is 0 Å². The van der Waals surface area contributed by atoms with Gasteiger partial charge in [-0.05, 0) is 30.2 Å². The van der Waals surface area contributed by atoms with Crippen LogP contribution in [0.3, 0.4) is 0 Å². The Morgan fingerprint density at radius 2 is 2.17 bits per heavy atom. The Morgan fingerprint density at radius 3 is 2.83 bits per heavy atom. The largest absolute Gasteiger partial charge is 0.365 e. The third-order valence-corrected chi connectivity index (χ3v) is 4.28. The van der Waals surface area contributed by atoms with Crippen molar-refractivity contribution in [3.8, 4) is 0 Å². The quantitative estimate of drug-likeness (QED) is 0.841. The molecule has 1 unspecified atom stereocenters. The summed E-state index contributed by atoms with van der Waals surface area (Å²) in [7, 11) is 0. The van der Waals surface area contributed by atoms with Gasteiger partial charge in [-0.15, -0.1) is 22.9 Å². The number of thiophene rings is 1. The molecule has 0 amide bonds. The van der Waals surface area contributed by atoms with E-state index in [0.717, 1.165) is 22.5 Å². The topological polar surface area (TPSA) is 37.8 Å². The van der Waals surface area contributed by atoms with Gasteiger partial charge in [0, 0.05) is 11.9 Å². The van der Waals surface area contributed by atoms with Crippen molar-refractivity contribution in [2.45, 2.75) is 33.2 Å². The molecule has 0 aromatic carbocycles. The summed E-state index contributed by atoms with van der Waals surface area (Å²) in [5, 5.41) is 5.56. The van der Waals surface area contributed by atoms with Crippen LogP contribution in [0.2, 0.25) is 0 Å². The van der Waals surface area contributed by atoms with Crippen molar-refractivity contribution in [2.24, 2.45) is 5.92 Å². The maximum Gasteiger partial charge on any atom is 0.147 e. The molecule has 0 bridgehead atoms. The van der Waals surface area contributed by atoms with Crippen LogP contribution in [0.15, 0.2) is 11.7 Å². The Kier molecular flexibility index (Phi) is 4.40. The second kappa shape index (κ2) is 5.85. The summed E-state index contributed by atoms with van der Waals surface area (Å²) < 4.78 is 1.12. The van der Waals surface area contributed by atoms with Crippen molar-refractivity contribution in [3.05, 3.63) is 17.3 Å². The van der Waals surface area contributed by atoms with Gasteiger partial charge in [0.1, 0.15) is 12.1 Å². The molecule has 2 aromatic heterocycles. The molecule has 0 aliphatic rings. The lowest BCUT2D eigenvalue weighted by atomic mass is 10.1. The highest BCUT2D eigenvalue weighted by Crippen LogP contribution is 2.29. The molecule has 3 nitrogen and oxygen atoms in total. The highest BCUT2D eigenvalue weighted by Gasteiger charge is 2.14. The van der Waals surface area contributed by atoms with E-state index in [9.17, 15) is 0 Å². The molecule has 1 N–H and O–H groups in total. The summed E-state index contributed by atoms with van der Waals surface area (Å²) in [6.07, 6.45) is 2.66. The molecule has 2 rings (SSSR count). The third-order valence-electron chi connectivity index (χ3n) is 2.81. The number of aryl methyl sites for hydroxylation is 1. The summed E-state index contributed by atoms with van der Waals surface area (Å²) in [4.78, 5) is 8.67. The van der Waals surface area contributed by atoms with Crippen LogP contribution in [-0.2, 0) is 0 Å². The molecule has 0 saturated carbocycles. The monoisotopic (exact) mass is 283 g/mol. The number of aromatic nitrogens is 2. The minimum absolute atomic E-state index is 0.257. The smallest absolute Gasteiger partial charge is 0.147 e. The van der Waals surface area contributed by atoms with Crippen LogP contribution in [0, 0.1) is 12.8 Å². The first kappa shape index (κ1) is 13.6. The van der Waals surface area contributed by atoms with E-state index in [2.05, 4.69) is 41.4 Å². The minimum Gasteiger partial charge on any atom is -0.365 e. The van der Waals surface area contributed by atoms with Gasteiger partial charge in [0.15, 0.2) is 0 Å². The van der Waals surface area contributed by atoms with E-state index < -0.39 is 0 Å². The summed E-state index contributed by atoms with van der Waals surface area (Å²) >= 11 is 7.70. The molecule has 2 aromatic rings. The molecule has 0 radical (unpaired) electrons. The summed E-state index contributed by atoms with van der Waals surface area (Å²) in [5.74, 6) is 2.11. The van der Waals surface area contributed by atoms with E-state index in [4.69, 9.17) is 11.6 Å². The molecule has 18 heavy (non-hydrogen) atoms. The first-order valence-electron chi connectivity index (χ1n) is 6.13. The average molecular weight is 284 g/mol. The molecular formula is C13H18ClN3S. The number of alkyl halides is 1. The lowest BCUT2D eigenvalue weighted by Crippen LogP contribution is -2.24. The Hall–Kier alpha value is -0.870. The molecule has 98 valence electrons. The molecule has 2 heterocycles. The molecule has 0 aliphatic heterocycles. The Bertz CT molecular complexity index is 524. The van der Waals surface area contributed by atoms with Crippen LogP contribution in [-0.4, -0.2) is 21.9 Å². The molecule has 0 aliphatic carbocycles. The summed E-state index contributed by atoms with van der Waals surface area (Å²) in [6.45, 7) is 6.47. The number of hydrogen-bond acceptors (Lipinski definition) is 4. The number of anilines is 1. The number of nitrogens with zero attached hydrogens (tertiary/aromatic N) is 2. The van der Waals surface area contributed by atoms with Gasteiger partial charge in [-0.3, -0.25) is 0 Å². The second-order valence-electron chi connectivity index (χ2n) is 4.94. The van der Waals surface area contributed by atoms with Crippen LogP contribution in [0.1, 0.15) is 25.8 Å². The zero-order chi connectivity index (χ0) is 13.1. The number of nitrogens with one attached hydrogen (secondary N) is 1. The number of fused-ring (bicyclic) bond motifs is 1. The fraction of sp³-hybridized carbons (Fsp3) is 0.538. The van der Waals surface area contributed by atoms with E-state index in [0.29, 0.717) is 11.8 Å². The Morgan fingerprint density at radius 1 is 1.39 bits per heavy atom. The van der Waals surface area contributed by atoms with Crippen LogP contribution in [0.4, 0.5) is 5.82 Å². The van der Waals surface area contributed by atoms with Crippen molar-refractivity contribution in [1.82, 2.24) is 9.97 Å². The molecule has 0 spiro atoms. The normalized spacial score (nSPS) is 13.2. The molecule has 0 saturated heterocycles. The summed E-state index contributed by atoms with van der Waals surface area (Å²) in [6, 6.07) is 0.257. The average Bonchev–Trinajstić information content (AvgIpc) is 2.71. The van der Waals surface area contributed by atoms with Gasteiger partial charge < -0.3 is 5.32 Å². The zero-order valence-corrected chi connectivity index (χ0v) is 12.5. The van der Waals surface area contributed by atoms with Crippen LogP contribution >= 0.6 is 22.9 Å². The SMILES string of the molecule is Cc1csc2c(NC(CCl)CC(C)C)ncnc12. The van der Waals surface area contributed by atoms with Crippen molar-refractivity contribution < 1.29 is 0 Å². The predicted octanol–water partition coefficient (Wildman–Crippen LogP) is 4.07. The van der Waals surface area contributed by atoms with Crippen molar-refractivity contribution in [2.75, 3.05) is 11.2 Å². The summed E-state index contributed by atoms with van der Waals surface area (Å²) in [5.41, 5.74) is 2.24. The highest BCUT2D eigenvalue weighted by molar-refractivity contribution is 7.18.